The molecule has 2 aromatic heterocycles. The highest BCUT2D eigenvalue weighted by molar-refractivity contribution is 5.88. The molecule has 3 N–H and O–H groups in total. The predicted octanol–water partition coefficient (Wildman–Crippen LogP) is 5.58. The van der Waals surface area contributed by atoms with Crippen molar-refractivity contribution in [1.29, 1.82) is 0 Å². The van der Waals surface area contributed by atoms with Crippen LogP contribution in [0.1, 0.15) is 38.2 Å². The van der Waals surface area contributed by atoms with E-state index in [9.17, 15) is 23.1 Å². The predicted molar refractivity (Wildman–Crippen MR) is 135 cm³/mol. The minimum absolute atomic E-state index is 0.0326. The molecule has 0 spiro atoms. The number of rotatable bonds is 8. The Bertz CT molecular complexity index is 1280. The molecule has 37 heavy (non-hydrogen) atoms. The van der Waals surface area contributed by atoms with E-state index in [-0.39, 0.29) is 62.4 Å². The van der Waals surface area contributed by atoms with Crippen molar-refractivity contribution < 1.29 is 27.8 Å². The minimum atomic E-state index is -2.67. The molecule has 1 aliphatic rings. The van der Waals surface area contributed by atoms with Crippen molar-refractivity contribution in [3.05, 3.63) is 54.0 Å². The number of hydrogen-bond acceptors (Lipinski definition) is 6. The van der Waals surface area contributed by atoms with Crippen molar-refractivity contribution in [3.63, 3.8) is 0 Å². The fourth-order valence-corrected chi connectivity index (χ4v) is 4.37. The van der Waals surface area contributed by atoms with Gasteiger partial charge in [0.15, 0.2) is 0 Å². The van der Waals surface area contributed by atoms with Gasteiger partial charge in [-0.25, -0.2) is 23.1 Å². The molecule has 4 rings (SSSR count). The average Bonchev–Trinajstić information content (AvgIpc) is 2.85. The summed E-state index contributed by atoms with van der Waals surface area (Å²) < 4.78 is 47.6. The number of nitrogens with one attached hydrogen (secondary N) is 2. The summed E-state index contributed by atoms with van der Waals surface area (Å²) in [5.41, 5.74) is 3.48. The lowest BCUT2D eigenvalue weighted by atomic mass is 9.91. The number of aryl methyl sites for hydroxylation is 1. The molecule has 1 fully saturated rings. The first-order valence-electron chi connectivity index (χ1n) is 12.1. The molecule has 0 unspecified atom stereocenters. The summed E-state index contributed by atoms with van der Waals surface area (Å²) in [5, 5.41) is 15.0. The van der Waals surface area contributed by atoms with Crippen LogP contribution in [0.2, 0.25) is 0 Å². The van der Waals surface area contributed by atoms with Crippen LogP contribution in [0.4, 0.5) is 24.7 Å². The van der Waals surface area contributed by atoms with Gasteiger partial charge in [0.25, 0.3) is 0 Å². The second kappa shape index (κ2) is 11.2. The molecule has 1 aromatic carbocycles. The van der Waals surface area contributed by atoms with Crippen LogP contribution in [-0.2, 0) is 4.79 Å². The Hall–Kier alpha value is -3.66. The second-order valence-corrected chi connectivity index (χ2v) is 9.18. The van der Waals surface area contributed by atoms with Crippen LogP contribution in [0.3, 0.4) is 0 Å². The molecule has 1 amide bonds. The van der Waals surface area contributed by atoms with E-state index in [1.54, 1.807) is 37.4 Å². The zero-order valence-corrected chi connectivity index (χ0v) is 20.7. The zero-order valence-electron chi connectivity index (χ0n) is 20.7. The van der Waals surface area contributed by atoms with Gasteiger partial charge >= 0.3 is 0 Å². The third-order valence-electron chi connectivity index (χ3n) is 6.20. The number of anilines is 2. The number of aromatic nitrogens is 2. The van der Waals surface area contributed by atoms with Crippen LogP contribution in [0.15, 0.2) is 42.6 Å². The Labute approximate surface area is 213 Å². The summed E-state index contributed by atoms with van der Waals surface area (Å²) in [4.78, 5) is 20.1. The van der Waals surface area contributed by atoms with E-state index < -0.39 is 11.7 Å². The smallest absolute Gasteiger partial charge is 0.248 e. The zero-order chi connectivity index (χ0) is 26.6. The molecule has 7 nitrogen and oxygen atoms in total. The molecule has 3 aromatic rings. The molecule has 0 saturated heterocycles. The van der Waals surface area contributed by atoms with Gasteiger partial charge in [-0.3, -0.25) is 4.79 Å². The van der Waals surface area contributed by atoms with Gasteiger partial charge in [0.2, 0.25) is 17.7 Å². The van der Waals surface area contributed by atoms with E-state index in [0.29, 0.717) is 33.8 Å². The first-order chi connectivity index (χ1) is 17.6. The molecule has 0 radical (unpaired) electrons. The van der Waals surface area contributed by atoms with Gasteiger partial charge in [0, 0.05) is 43.6 Å². The number of nitrogens with zero attached hydrogens (tertiary/aromatic N) is 2. The lowest BCUT2D eigenvalue weighted by Gasteiger charge is -2.29. The topological polar surface area (TPSA) is 96.4 Å². The van der Waals surface area contributed by atoms with E-state index in [1.165, 1.54) is 13.0 Å². The summed E-state index contributed by atoms with van der Waals surface area (Å²) >= 11 is 0. The Kier molecular flexibility index (Phi) is 7.97. The summed E-state index contributed by atoms with van der Waals surface area (Å²) in [6.07, 6.45) is 1.61. The quantitative estimate of drug-likeness (QED) is 0.363. The lowest BCUT2D eigenvalue weighted by Crippen LogP contribution is -2.32. The third kappa shape index (κ3) is 6.76. The van der Waals surface area contributed by atoms with Crippen molar-refractivity contribution >= 4 is 17.4 Å². The van der Waals surface area contributed by atoms with E-state index in [4.69, 9.17) is 4.74 Å². The molecule has 0 aliphatic heterocycles. The van der Waals surface area contributed by atoms with E-state index in [2.05, 4.69) is 20.6 Å². The fourth-order valence-electron chi connectivity index (χ4n) is 4.37. The summed E-state index contributed by atoms with van der Waals surface area (Å²) in [5.74, 6) is -2.77. The molecular weight excluding hydrogens is 485 g/mol. The maximum absolute atomic E-state index is 14.9. The maximum atomic E-state index is 14.9. The van der Waals surface area contributed by atoms with Crippen LogP contribution in [0.5, 0.6) is 5.88 Å². The largest absolute Gasteiger partial charge is 0.475 e. The van der Waals surface area contributed by atoms with E-state index in [0.717, 1.165) is 0 Å². The maximum Gasteiger partial charge on any atom is 0.248 e. The molecule has 1 aliphatic carbocycles. The van der Waals surface area contributed by atoms with Crippen LogP contribution in [0, 0.1) is 12.7 Å². The monoisotopic (exact) mass is 514 g/mol. The van der Waals surface area contributed by atoms with Crippen molar-refractivity contribution in [3.8, 4) is 28.3 Å². The van der Waals surface area contributed by atoms with Crippen LogP contribution in [0.25, 0.3) is 22.4 Å². The van der Waals surface area contributed by atoms with Gasteiger partial charge in [-0.1, -0.05) is 0 Å². The Morgan fingerprint density at radius 2 is 1.92 bits per heavy atom. The highest BCUT2D eigenvalue weighted by atomic mass is 19.3. The summed E-state index contributed by atoms with van der Waals surface area (Å²) in [6, 6.07) is 9.74. The molecular formula is C27H29F3N4O3. The van der Waals surface area contributed by atoms with Crippen molar-refractivity contribution in [2.45, 2.75) is 51.5 Å². The molecule has 10 heteroatoms. The molecule has 2 heterocycles. The molecule has 0 bridgehead atoms. The number of alkyl halides is 2. The minimum Gasteiger partial charge on any atom is -0.475 e. The normalized spacial score (nSPS) is 15.3. The fraction of sp³-hybridized carbons (Fsp3) is 0.370. The highest BCUT2D eigenvalue weighted by Gasteiger charge is 2.35. The van der Waals surface area contributed by atoms with E-state index >= 15 is 0 Å². The summed E-state index contributed by atoms with van der Waals surface area (Å²) in [6.45, 7) is 2.99. The number of carbonyl (C=O) groups excluding carboxylic acids is 1. The standard InChI is InChI=1S/C27H29F3N4O3/c1-16-11-22(28)24(33-20-3-6-27(29,30)7-4-20)15-21(16)19-12-23(34-26(14-19)37-10-9-35)18-5-8-31-25(13-18)32-17(2)36/h5,8,11-15,20,33,35H,3-4,6-7,9-10H2,1-2H3,(H,31,32,36). The molecule has 0 atom stereocenters. The SMILES string of the molecule is CC(=O)Nc1cc(-c2cc(-c3cc(NC4CCC(F)(F)CC4)c(F)cc3C)cc(OCCO)n2)ccn1. The lowest BCUT2D eigenvalue weighted by molar-refractivity contribution is -0.114. The van der Waals surface area contributed by atoms with Crippen LogP contribution >= 0.6 is 0 Å². The van der Waals surface area contributed by atoms with Gasteiger partial charge in [0.05, 0.1) is 18.0 Å². The number of amides is 1. The van der Waals surface area contributed by atoms with Crippen molar-refractivity contribution in [2.75, 3.05) is 23.8 Å². The number of hydrogen-bond donors (Lipinski definition) is 3. The van der Waals surface area contributed by atoms with Gasteiger partial charge in [-0.2, -0.15) is 0 Å². The first-order valence-corrected chi connectivity index (χ1v) is 12.1. The average molecular weight is 515 g/mol. The number of ether oxygens (including phenoxy) is 1. The Morgan fingerprint density at radius 3 is 2.62 bits per heavy atom. The number of aliphatic hydroxyl groups is 1. The van der Waals surface area contributed by atoms with Gasteiger partial charge < -0.3 is 20.5 Å². The highest BCUT2D eigenvalue weighted by Crippen LogP contribution is 2.37. The van der Waals surface area contributed by atoms with Gasteiger partial charge in [0.1, 0.15) is 18.2 Å². The van der Waals surface area contributed by atoms with Gasteiger partial charge in [-0.05, 0) is 66.8 Å². The third-order valence-corrected chi connectivity index (χ3v) is 6.20. The Morgan fingerprint density at radius 1 is 1.16 bits per heavy atom. The van der Waals surface area contributed by atoms with Crippen molar-refractivity contribution in [1.82, 2.24) is 9.97 Å². The number of aliphatic hydroxyl groups excluding tert-OH is 1. The number of benzene rings is 1. The van der Waals surface area contributed by atoms with Crippen LogP contribution in [-0.4, -0.2) is 46.2 Å². The summed E-state index contributed by atoms with van der Waals surface area (Å²) in [7, 11) is 0. The molecule has 1 saturated carbocycles. The van der Waals surface area contributed by atoms with Gasteiger partial charge in [-0.15, -0.1) is 0 Å². The Balaban J connectivity index is 1.71. The molecule has 196 valence electrons. The number of pyridine rings is 2. The number of halogens is 3. The van der Waals surface area contributed by atoms with Crippen LogP contribution < -0.4 is 15.4 Å². The second-order valence-electron chi connectivity index (χ2n) is 9.18. The first kappa shape index (κ1) is 26.4. The van der Waals surface area contributed by atoms with E-state index in [1.807, 2.05) is 6.07 Å². The van der Waals surface area contributed by atoms with Crippen molar-refractivity contribution in [2.24, 2.45) is 0 Å². The number of carbonyl (C=O) groups is 1.